The van der Waals surface area contributed by atoms with Crippen LogP contribution < -0.4 is 5.32 Å². The number of carboxylic acid groups (broad SMARTS) is 1. The first-order valence-electron chi connectivity index (χ1n) is 4.95. The van der Waals surface area contributed by atoms with Crippen molar-refractivity contribution in [1.82, 2.24) is 0 Å². The van der Waals surface area contributed by atoms with Gasteiger partial charge in [-0.3, -0.25) is 9.59 Å². The van der Waals surface area contributed by atoms with E-state index in [-0.39, 0.29) is 18.7 Å². The van der Waals surface area contributed by atoms with E-state index in [9.17, 15) is 9.59 Å². The average Bonchev–Trinajstić information content (AvgIpc) is 2.23. The first-order valence-corrected chi connectivity index (χ1v) is 5.71. The number of amides is 1. The number of nitrogens with one attached hydrogen (secondary N) is 1. The van der Waals surface area contributed by atoms with E-state index in [1.165, 1.54) is 0 Å². The number of aliphatic carboxylic acids is 1. The maximum Gasteiger partial charge on any atom is 0.303 e. The molecule has 0 radical (unpaired) electrons. The van der Waals surface area contributed by atoms with E-state index < -0.39 is 5.97 Å². The predicted octanol–water partition coefficient (Wildman–Crippen LogP) is 3.19. The highest BCUT2D eigenvalue weighted by atomic mass is 35.5. The number of benzene rings is 1. The summed E-state index contributed by atoms with van der Waals surface area (Å²) >= 11 is 11.6. The Labute approximate surface area is 109 Å². The molecule has 2 N–H and O–H groups in total. The van der Waals surface area contributed by atoms with Crippen molar-refractivity contribution < 1.29 is 14.7 Å². The second kappa shape index (κ2) is 6.47. The molecule has 4 nitrogen and oxygen atoms in total. The topological polar surface area (TPSA) is 66.4 Å². The van der Waals surface area contributed by atoms with Crippen LogP contribution in [0.25, 0.3) is 0 Å². The molecular formula is C11H11Cl2NO3. The second-order valence-electron chi connectivity index (χ2n) is 3.42. The second-order valence-corrected chi connectivity index (χ2v) is 4.26. The lowest BCUT2D eigenvalue weighted by molar-refractivity contribution is -0.137. The molecule has 0 unspecified atom stereocenters. The van der Waals surface area contributed by atoms with Gasteiger partial charge in [0.2, 0.25) is 5.91 Å². The fourth-order valence-electron chi connectivity index (χ4n) is 1.21. The SMILES string of the molecule is O=C(O)CCCC(=O)Nc1cc(Cl)ccc1Cl. The Morgan fingerprint density at radius 3 is 2.59 bits per heavy atom. The zero-order valence-electron chi connectivity index (χ0n) is 8.87. The van der Waals surface area contributed by atoms with E-state index in [0.717, 1.165) is 0 Å². The van der Waals surface area contributed by atoms with E-state index >= 15 is 0 Å². The minimum absolute atomic E-state index is 0.0311. The molecule has 1 aromatic rings. The average molecular weight is 276 g/mol. The Morgan fingerprint density at radius 1 is 1.24 bits per heavy atom. The molecule has 17 heavy (non-hydrogen) atoms. The Bertz CT molecular complexity index is 435. The molecule has 6 heteroatoms. The van der Waals surface area contributed by atoms with Gasteiger partial charge in [0.25, 0.3) is 0 Å². The van der Waals surface area contributed by atoms with Crippen molar-refractivity contribution in [2.24, 2.45) is 0 Å². The van der Waals surface area contributed by atoms with Crippen LogP contribution in [-0.2, 0) is 9.59 Å². The van der Waals surface area contributed by atoms with Crippen molar-refractivity contribution in [1.29, 1.82) is 0 Å². The van der Waals surface area contributed by atoms with Crippen LogP contribution in [0.4, 0.5) is 5.69 Å². The fourth-order valence-corrected chi connectivity index (χ4v) is 1.54. The molecular weight excluding hydrogens is 265 g/mol. The van der Waals surface area contributed by atoms with Crippen molar-refractivity contribution in [3.63, 3.8) is 0 Å². The zero-order valence-corrected chi connectivity index (χ0v) is 10.4. The third kappa shape index (κ3) is 5.06. The predicted molar refractivity (Wildman–Crippen MR) is 66.6 cm³/mol. The summed E-state index contributed by atoms with van der Waals surface area (Å²) in [6, 6.07) is 4.74. The van der Waals surface area contributed by atoms with Gasteiger partial charge in [-0.1, -0.05) is 23.2 Å². The maximum atomic E-state index is 11.5. The fraction of sp³-hybridized carbons (Fsp3) is 0.273. The first-order chi connectivity index (χ1) is 7.99. The molecule has 1 aromatic carbocycles. The molecule has 0 aliphatic rings. The van der Waals surface area contributed by atoms with Crippen LogP contribution in [0.3, 0.4) is 0 Å². The van der Waals surface area contributed by atoms with Crippen LogP contribution in [0.15, 0.2) is 18.2 Å². The normalized spacial score (nSPS) is 10.0. The molecule has 0 aromatic heterocycles. The number of rotatable bonds is 5. The van der Waals surface area contributed by atoms with Gasteiger partial charge in [-0.15, -0.1) is 0 Å². The summed E-state index contributed by atoms with van der Waals surface area (Å²) in [5, 5.41) is 11.9. The highest BCUT2D eigenvalue weighted by Crippen LogP contribution is 2.25. The van der Waals surface area contributed by atoms with Gasteiger partial charge < -0.3 is 10.4 Å². The Hall–Kier alpha value is -1.26. The molecule has 0 spiro atoms. The van der Waals surface area contributed by atoms with Gasteiger partial charge in [0.1, 0.15) is 0 Å². The van der Waals surface area contributed by atoms with Gasteiger partial charge in [0.15, 0.2) is 0 Å². The highest BCUT2D eigenvalue weighted by molar-refractivity contribution is 6.35. The molecule has 0 atom stereocenters. The van der Waals surface area contributed by atoms with E-state index in [2.05, 4.69) is 5.32 Å². The van der Waals surface area contributed by atoms with Gasteiger partial charge in [0.05, 0.1) is 10.7 Å². The Kier molecular flexibility index (Phi) is 5.25. The van der Waals surface area contributed by atoms with E-state index in [1.54, 1.807) is 18.2 Å². The van der Waals surface area contributed by atoms with Crippen LogP contribution >= 0.6 is 23.2 Å². The van der Waals surface area contributed by atoms with Crippen molar-refractivity contribution in [3.8, 4) is 0 Å². The summed E-state index contributed by atoms with van der Waals surface area (Å²) in [5.74, 6) is -1.20. The largest absolute Gasteiger partial charge is 0.481 e. The summed E-state index contributed by atoms with van der Waals surface area (Å²) in [6.45, 7) is 0. The molecule has 0 heterocycles. The molecule has 0 fully saturated rings. The molecule has 92 valence electrons. The van der Waals surface area contributed by atoms with E-state index in [0.29, 0.717) is 22.2 Å². The Balaban J connectivity index is 2.50. The van der Waals surface area contributed by atoms with E-state index in [4.69, 9.17) is 28.3 Å². The lowest BCUT2D eigenvalue weighted by atomic mass is 10.2. The Morgan fingerprint density at radius 2 is 1.94 bits per heavy atom. The zero-order chi connectivity index (χ0) is 12.8. The lowest BCUT2D eigenvalue weighted by Crippen LogP contribution is -2.12. The summed E-state index contributed by atoms with van der Waals surface area (Å²) in [5.41, 5.74) is 0.430. The summed E-state index contributed by atoms with van der Waals surface area (Å²) in [4.78, 5) is 21.7. The quantitative estimate of drug-likeness (QED) is 0.867. The van der Waals surface area contributed by atoms with Crippen LogP contribution in [0, 0.1) is 0 Å². The first kappa shape index (κ1) is 13.8. The van der Waals surface area contributed by atoms with Crippen molar-refractivity contribution in [2.75, 3.05) is 5.32 Å². The van der Waals surface area contributed by atoms with Crippen molar-refractivity contribution >= 4 is 40.8 Å². The van der Waals surface area contributed by atoms with E-state index in [1.807, 2.05) is 0 Å². The number of carbonyl (C=O) groups is 2. The molecule has 0 saturated heterocycles. The number of hydrogen-bond acceptors (Lipinski definition) is 2. The van der Waals surface area contributed by atoms with Gasteiger partial charge >= 0.3 is 5.97 Å². The number of hydrogen-bond donors (Lipinski definition) is 2. The summed E-state index contributed by atoms with van der Waals surface area (Å²) < 4.78 is 0. The number of anilines is 1. The van der Waals surface area contributed by atoms with Gasteiger partial charge in [0, 0.05) is 17.9 Å². The highest BCUT2D eigenvalue weighted by Gasteiger charge is 2.07. The molecule has 0 aliphatic carbocycles. The summed E-state index contributed by atoms with van der Waals surface area (Å²) in [6.07, 6.45) is 0.394. The standard InChI is InChI=1S/C11H11Cl2NO3/c12-7-4-5-8(13)9(6-7)14-10(15)2-1-3-11(16)17/h4-6H,1-3H2,(H,14,15)(H,16,17). The monoisotopic (exact) mass is 275 g/mol. The summed E-state index contributed by atoms with van der Waals surface area (Å²) in [7, 11) is 0. The smallest absolute Gasteiger partial charge is 0.303 e. The minimum Gasteiger partial charge on any atom is -0.481 e. The third-order valence-corrected chi connectivity index (χ3v) is 2.56. The molecule has 0 aliphatic heterocycles. The lowest BCUT2D eigenvalue weighted by Gasteiger charge is -2.07. The number of carboxylic acids is 1. The molecule has 1 rings (SSSR count). The minimum atomic E-state index is -0.918. The van der Waals surface area contributed by atoms with Crippen molar-refractivity contribution in [2.45, 2.75) is 19.3 Å². The van der Waals surface area contributed by atoms with Crippen LogP contribution in [0.5, 0.6) is 0 Å². The molecule has 0 bridgehead atoms. The molecule has 1 amide bonds. The van der Waals surface area contributed by atoms with Gasteiger partial charge in [-0.25, -0.2) is 0 Å². The van der Waals surface area contributed by atoms with Crippen LogP contribution in [-0.4, -0.2) is 17.0 Å². The maximum absolute atomic E-state index is 11.5. The van der Waals surface area contributed by atoms with Gasteiger partial charge in [-0.05, 0) is 24.6 Å². The van der Waals surface area contributed by atoms with Crippen LogP contribution in [0.2, 0.25) is 10.0 Å². The third-order valence-electron chi connectivity index (χ3n) is 2.00. The molecule has 0 saturated carbocycles. The number of halogens is 2. The van der Waals surface area contributed by atoms with Crippen molar-refractivity contribution in [3.05, 3.63) is 28.2 Å². The van der Waals surface area contributed by atoms with Crippen LogP contribution in [0.1, 0.15) is 19.3 Å². The van der Waals surface area contributed by atoms with Gasteiger partial charge in [-0.2, -0.15) is 0 Å². The number of carbonyl (C=O) groups excluding carboxylic acids is 1.